The van der Waals surface area contributed by atoms with Crippen LogP contribution >= 0.6 is 11.6 Å². The number of pyridine rings is 2. The SMILES string of the molecule is COC(C)c1ncc(NC(=O)c2cnn(-c3ccc(C#N)n4nccc34)c2C(F)(F)F)cc1Cl. The summed E-state index contributed by atoms with van der Waals surface area (Å²) in [6, 6.07) is 7.33. The van der Waals surface area contributed by atoms with Crippen molar-refractivity contribution < 1.29 is 22.7 Å². The molecule has 0 radical (unpaired) electrons. The number of carbonyl (C=O) groups excluding carboxylic acids is 1. The number of methoxy groups -OCH3 is 1. The smallest absolute Gasteiger partial charge is 0.375 e. The maximum absolute atomic E-state index is 14.1. The van der Waals surface area contributed by atoms with Crippen molar-refractivity contribution in [2.75, 3.05) is 12.4 Å². The second-order valence-electron chi connectivity index (χ2n) is 7.08. The van der Waals surface area contributed by atoms with Crippen LogP contribution in [0.25, 0.3) is 11.2 Å². The van der Waals surface area contributed by atoms with Gasteiger partial charge in [0.25, 0.3) is 5.91 Å². The van der Waals surface area contributed by atoms with Crippen molar-refractivity contribution in [2.24, 2.45) is 0 Å². The number of amides is 1. The first-order valence-corrected chi connectivity index (χ1v) is 10.1. The number of anilines is 1. The number of halogens is 4. The Hall–Kier alpha value is -3.95. The first-order chi connectivity index (χ1) is 16.2. The van der Waals surface area contributed by atoms with Crippen molar-refractivity contribution in [3.63, 3.8) is 0 Å². The summed E-state index contributed by atoms with van der Waals surface area (Å²) >= 11 is 6.17. The van der Waals surface area contributed by atoms with Crippen LogP contribution < -0.4 is 5.32 Å². The van der Waals surface area contributed by atoms with Crippen LogP contribution in [0.2, 0.25) is 5.02 Å². The topological polar surface area (TPSA) is 110 Å². The molecule has 0 saturated carbocycles. The summed E-state index contributed by atoms with van der Waals surface area (Å²) in [5, 5.41) is 19.5. The second-order valence-corrected chi connectivity index (χ2v) is 7.49. The van der Waals surface area contributed by atoms with Gasteiger partial charge < -0.3 is 10.1 Å². The lowest BCUT2D eigenvalue weighted by atomic mass is 10.2. The molecule has 34 heavy (non-hydrogen) atoms. The normalized spacial score (nSPS) is 12.5. The molecule has 1 N–H and O–H groups in total. The summed E-state index contributed by atoms with van der Waals surface area (Å²) in [7, 11) is 1.47. The zero-order chi connectivity index (χ0) is 24.6. The van der Waals surface area contributed by atoms with Gasteiger partial charge in [-0.3, -0.25) is 9.78 Å². The van der Waals surface area contributed by atoms with E-state index in [4.69, 9.17) is 16.3 Å². The Morgan fingerprint density at radius 2 is 2.03 bits per heavy atom. The average molecular weight is 490 g/mol. The van der Waals surface area contributed by atoms with Crippen molar-refractivity contribution in [1.82, 2.24) is 24.4 Å². The summed E-state index contributed by atoms with van der Waals surface area (Å²) in [5.41, 5.74) is -1.17. The molecule has 0 aliphatic rings. The molecule has 4 rings (SSSR count). The van der Waals surface area contributed by atoms with Crippen molar-refractivity contribution in [3.05, 3.63) is 70.5 Å². The number of carbonyl (C=O) groups is 1. The molecule has 4 aromatic heterocycles. The number of nitrogens with one attached hydrogen (secondary N) is 1. The lowest BCUT2D eigenvalue weighted by Gasteiger charge is -2.14. The number of nitrogens with zero attached hydrogens (tertiary/aromatic N) is 6. The number of nitriles is 1. The zero-order valence-corrected chi connectivity index (χ0v) is 18.4. The Balaban J connectivity index is 1.75. The quantitative estimate of drug-likeness (QED) is 0.444. The van der Waals surface area contributed by atoms with E-state index in [2.05, 4.69) is 20.5 Å². The lowest BCUT2D eigenvalue weighted by Crippen LogP contribution is -2.21. The van der Waals surface area contributed by atoms with Crippen LogP contribution in [0, 0.1) is 11.3 Å². The van der Waals surface area contributed by atoms with Gasteiger partial charge in [-0.2, -0.15) is 28.6 Å². The Morgan fingerprint density at radius 3 is 2.68 bits per heavy atom. The molecule has 4 aromatic rings. The minimum atomic E-state index is -4.93. The molecule has 0 aliphatic heterocycles. The fourth-order valence-corrected chi connectivity index (χ4v) is 3.68. The Bertz CT molecular complexity index is 1440. The zero-order valence-electron chi connectivity index (χ0n) is 17.6. The van der Waals surface area contributed by atoms with Gasteiger partial charge in [0, 0.05) is 7.11 Å². The summed E-state index contributed by atoms with van der Waals surface area (Å²) in [6.07, 6.45) is -1.92. The minimum Gasteiger partial charge on any atom is -0.375 e. The fraction of sp³-hybridized carbons (Fsp3) is 0.190. The second kappa shape index (κ2) is 8.77. The number of rotatable bonds is 5. The molecule has 0 aliphatic carbocycles. The Kier molecular flexibility index (Phi) is 5.99. The van der Waals surface area contributed by atoms with Gasteiger partial charge in [-0.1, -0.05) is 11.6 Å². The van der Waals surface area contributed by atoms with Gasteiger partial charge in [0.1, 0.15) is 11.8 Å². The van der Waals surface area contributed by atoms with Gasteiger partial charge in [0.2, 0.25) is 0 Å². The van der Waals surface area contributed by atoms with E-state index in [-0.39, 0.29) is 27.6 Å². The molecular formula is C21H15ClF3N7O2. The predicted molar refractivity (Wildman–Crippen MR) is 115 cm³/mol. The summed E-state index contributed by atoms with van der Waals surface area (Å²) in [5.74, 6) is -1.05. The van der Waals surface area contributed by atoms with E-state index in [0.717, 1.165) is 6.20 Å². The Morgan fingerprint density at radius 1 is 1.26 bits per heavy atom. The van der Waals surface area contributed by atoms with E-state index in [0.29, 0.717) is 10.4 Å². The highest BCUT2D eigenvalue weighted by Crippen LogP contribution is 2.35. The third kappa shape index (κ3) is 4.07. The van der Waals surface area contributed by atoms with Gasteiger partial charge in [0.15, 0.2) is 5.69 Å². The number of hydrogen-bond acceptors (Lipinski definition) is 6. The van der Waals surface area contributed by atoms with Crippen LogP contribution in [0.1, 0.15) is 40.5 Å². The highest BCUT2D eigenvalue weighted by Gasteiger charge is 2.41. The third-order valence-corrected chi connectivity index (χ3v) is 5.33. The standard InChI is InChI=1S/C21H15ClF3N7O2/c1-11(34-2)18-15(22)7-12(9-27-18)30-20(33)14-10-29-32(19(14)21(23,24)25)16-4-3-13(8-26)31-17(16)5-6-28-31/h3-7,9-11H,1-2H3,(H,30,33). The van der Waals surface area contributed by atoms with Gasteiger partial charge in [-0.15, -0.1) is 0 Å². The molecule has 1 unspecified atom stereocenters. The molecule has 174 valence electrons. The largest absolute Gasteiger partial charge is 0.434 e. The van der Waals surface area contributed by atoms with Gasteiger partial charge >= 0.3 is 6.18 Å². The highest BCUT2D eigenvalue weighted by molar-refractivity contribution is 6.31. The van der Waals surface area contributed by atoms with Gasteiger partial charge in [-0.25, -0.2) is 9.20 Å². The molecule has 13 heteroatoms. The summed E-state index contributed by atoms with van der Waals surface area (Å²) < 4.78 is 49.2. The maximum atomic E-state index is 14.1. The lowest BCUT2D eigenvalue weighted by molar-refractivity contribution is -0.143. The minimum absolute atomic E-state index is 0.00880. The molecular weight excluding hydrogens is 475 g/mol. The van der Waals surface area contributed by atoms with E-state index in [1.54, 1.807) is 6.92 Å². The monoisotopic (exact) mass is 489 g/mol. The summed E-state index contributed by atoms with van der Waals surface area (Å²) in [4.78, 5) is 16.9. The first-order valence-electron chi connectivity index (χ1n) is 9.67. The van der Waals surface area contributed by atoms with E-state index >= 15 is 0 Å². The van der Waals surface area contributed by atoms with Crippen LogP contribution in [-0.2, 0) is 10.9 Å². The van der Waals surface area contributed by atoms with Crippen LogP contribution in [0.3, 0.4) is 0 Å². The molecule has 4 heterocycles. The number of ether oxygens (including phenoxy) is 1. The molecule has 0 spiro atoms. The molecule has 0 bridgehead atoms. The Labute approximate surface area is 195 Å². The molecule has 0 fully saturated rings. The number of fused-ring (bicyclic) bond motifs is 1. The molecule has 9 nitrogen and oxygen atoms in total. The van der Waals surface area contributed by atoms with Crippen LogP contribution in [0.4, 0.5) is 18.9 Å². The average Bonchev–Trinajstić information content (AvgIpc) is 3.45. The molecule has 1 atom stereocenters. The van der Waals surface area contributed by atoms with E-state index in [9.17, 15) is 23.2 Å². The van der Waals surface area contributed by atoms with Gasteiger partial charge in [-0.05, 0) is 31.2 Å². The highest BCUT2D eigenvalue weighted by atomic mass is 35.5. The van der Waals surface area contributed by atoms with E-state index < -0.39 is 29.4 Å². The van der Waals surface area contributed by atoms with Crippen LogP contribution in [0.15, 0.2) is 42.9 Å². The van der Waals surface area contributed by atoms with E-state index in [1.165, 1.54) is 48.3 Å². The van der Waals surface area contributed by atoms with E-state index in [1.807, 2.05) is 6.07 Å². The number of hydrogen-bond donors (Lipinski definition) is 1. The maximum Gasteiger partial charge on any atom is 0.434 e. The molecule has 1 amide bonds. The van der Waals surface area contributed by atoms with Crippen molar-refractivity contribution >= 4 is 28.7 Å². The van der Waals surface area contributed by atoms with Crippen LogP contribution in [-0.4, -0.2) is 37.4 Å². The molecule has 0 saturated heterocycles. The third-order valence-electron chi connectivity index (χ3n) is 5.02. The fourth-order valence-electron chi connectivity index (χ4n) is 3.36. The number of aromatic nitrogens is 5. The van der Waals surface area contributed by atoms with Crippen LogP contribution in [0.5, 0.6) is 0 Å². The predicted octanol–water partition coefficient (Wildman–Crippen LogP) is 4.42. The van der Waals surface area contributed by atoms with Crippen molar-refractivity contribution in [3.8, 4) is 11.8 Å². The van der Waals surface area contributed by atoms with Crippen molar-refractivity contribution in [2.45, 2.75) is 19.2 Å². The first kappa shape index (κ1) is 23.2. The van der Waals surface area contributed by atoms with Crippen molar-refractivity contribution in [1.29, 1.82) is 5.26 Å². The number of alkyl halides is 3. The molecule has 0 aromatic carbocycles. The van der Waals surface area contributed by atoms with Gasteiger partial charge in [0.05, 0.1) is 57.9 Å². The summed E-state index contributed by atoms with van der Waals surface area (Å²) in [6.45, 7) is 1.72.